The summed E-state index contributed by atoms with van der Waals surface area (Å²) in [5.74, 6) is -0.343. The monoisotopic (exact) mass is 269 g/mol. The third kappa shape index (κ3) is 4.52. The lowest BCUT2D eigenvalue weighted by atomic mass is 10.1. The van der Waals surface area contributed by atoms with Crippen molar-refractivity contribution in [2.75, 3.05) is 0 Å². The molecule has 0 aliphatic rings. The molecule has 3 heteroatoms. The second kappa shape index (κ2) is 7.46. The molecule has 0 heterocycles. The van der Waals surface area contributed by atoms with Gasteiger partial charge in [-0.15, -0.1) is 0 Å². The molecule has 0 fully saturated rings. The number of hydrogen-bond donors (Lipinski definition) is 1. The van der Waals surface area contributed by atoms with E-state index >= 15 is 0 Å². The SMILES string of the molecule is N[C@H](CCc1ccccc1)C(=O)OCc1ccccc1. The fraction of sp³-hybridized carbons (Fsp3) is 0.235. The molecule has 3 nitrogen and oxygen atoms in total. The number of ether oxygens (including phenoxy) is 1. The van der Waals surface area contributed by atoms with Crippen LogP contribution in [0, 0.1) is 0 Å². The highest BCUT2D eigenvalue weighted by molar-refractivity contribution is 5.75. The lowest BCUT2D eigenvalue weighted by molar-refractivity contribution is -0.146. The van der Waals surface area contributed by atoms with Crippen molar-refractivity contribution in [3.8, 4) is 0 Å². The highest BCUT2D eigenvalue weighted by Gasteiger charge is 2.14. The van der Waals surface area contributed by atoms with Gasteiger partial charge in [0.05, 0.1) is 0 Å². The molecule has 0 spiro atoms. The fourth-order valence-electron chi connectivity index (χ4n) is 1.92. The highest BCUT2D eigenvalue weighted by Crippen LogP contribution is 2.06. The second-order valence-electron chi connectivity index (χ2n) is 4.72. The molecule has 2 N–H and O–H groups in total. The van der Waals surface area contributed by atoms with Crippen LogP contribution in [0.25, 0.3) is 0 Å². The van der Waals surface area contributed by atoms with Gasteiger partial charge in [0.25, 0.3) is 0 Å². The van der Waals surface area contributed by atoms with Crippen LogP contribution in [0.3, 0.4) is 0 Å². The van der Waals surface area contributed by atoms with Gasteiger partial charge in [0.2, 0.25) is 0 Å². The van der Waals surface area contributed by atoms with E-state index in [9.17, 15) is 4.79 Å². The van der Waals surface area contributed by atoms with Gasteiger partial charge >= 0.3 is 5.97 Å². The van der Waals surface area contributed by atoms with E-state index in [4.69, 9.17) is 10.5 Å². The summed E-state index contributed by atoms with van der Waals surface area (Å²) in [7, 11) is 0. The van der Waals surface area contributed by atoms with E-state index in [2.05, 4.69) is 0 Å². The summed E-state index contributed by atoms with van der Waals surface area (Å²) in [5, 5.41) is 0. The van der Waals surface area contributed by atoms with Crippen molar-refractivity contribution in [2.24, 2.45) is 5.73 Å². The van der Waals surface area contributed by atoms with Crippen LogP contribution >= 0.6 is 0 Å². The number of nitrogens with two attached hydrogens (primary N) is 1. The predicted octanol–water partition coefficient (Wildman–Crippen LogP) is 2.69. The molecule has 0 unspecified atom stereocenters. The maximum absolute atomic E-state index is 11.8. The molecule has 20 heavy (non-hydrogen) atoms. The Morgan fingerprint density at radius 1 is 0.950 bits per heavy atom. The molecule has 104 valence electrons. The van der Waals surface area contributed by atoms with Crippen LogP contribution in [0.5, 0.6) is 0 Å². The van der Waals surface area contributed by atoms with Gasteiger partial charge in [-0.1, -0.05) is 60.7 Å². The summed E-state index contributed by atoms with van der Waals surface area (Å²) in [5.41, 5.74) is 8.00. The quantitative estimate of drug-likeness (QED) is 0.820. The molecule has 2 rings (SSSR count). The van der Waals surface area contributed by atoms with Crippen LogP contribution in [-0.2, 0) is 22.6 Å². The van der Waals surface area contributed by atoms with Crippen LogP contribution in [0.1, 0.15) is 17.5 Å². The summed E-state index contributed by atoms with van der Waals surface area (Å²) in [6, 6.07) is 19.0. The van der Waals surface area contributed by atoms with Gasteiger partial charge in [0.1, 0.15) is 12.6 Å². The number of aryl methyl sites for hydroxylation is 1. The standard InChI is InChI=1S/C17H19NO2/c18-16(12-11-14-7-3-1-4-8-14)17(19)20-13-15-9-5-2-6-10-15/h1-10,16H,11-13,18H2/t16-/m1/s1. The minimum absolute atomic E-state index is 0.276. The van der Waals surface area contributed by atoms with Gasteiger partial charge in [0, 0.05) is 0 Å². The van der Waals surface area contributed by atoms with E-state index in [1.165, 1.54) is 5.56 Å². The number of hydrogen-bond acceptors (Lipinski definition) is 3. The van der Waals surface area contributed by atoms with Gasteiger partial charge in [-0.3, -0.25) is 4.79 Å². The van der Waals surface area contributed by atoms with E-state index in [0.29, 0.717) is 6.42 Å². The minimum Gasteiger partial charge on any atom is -0.460 e. The molecule has 0 aromatic heterocycles. The van der Waals surface area contributed by atoms with Crippen molar-refractivity contribution in [1.29, 1.82) is 0 Å². The number of carbonyl (C=O) groups is 1. The van der Waals surface area contributed by atoms with E-state index in [1.54, 1.807) is 0 Å². The number of carbonyl (C=O) groups excluding carboxylic acids is 1. The van der Waals surface area contributed by atoms with Crippen molar-refractivity contribution in [2.45, 2.75) is 25.5 Å². The number of rotatable bonds is 6. The lowest BCUT2D eigenvalue weighted by Gasteiger charge is -2.11. The summed E-state index contributed by atoms with van der Waals surface area (Å²) in [6.45, 7) is 0.276. The fourth-order valence-corrected chi connectivity index (χ4v) is 1.92. The topological polar surface area (TPSA) is 52.3 Å². The molecule has 2 aromatic rings. The first-order valence-corrected chi connectivity index (χ1v) is 6.76. The Morgan fingerprint density at radius 2 is 1.50 bits per heavy atom. The van der Waals surface area contributed by atoms with Gasteiger partial charge in [-0.2, -0.15) is 0 Å². The Hall–Kier alpha value is -2.13. The van der Waals surface area contributed by atoms with Crippen molar-refractivity contribution in [1.82, 2.24) is 0 Å². The maximum Gasteiger partial charge on any atom is 0.323 e. The zero-order valence-electron chi connectivity index (χ0n) is 11.4. The van der Waals surface area contributed by atoms with Crippen LogP contribution in [0.4, 0.5) is 0 Å². The van der Waals surface area contributed by atoms with E-state index < -0.39 is 6.04 Å². The average molecular weight is 269 g/mol. The second-order valence-corrected chi connectivity index (χ2v) is 4.72. The zero-order chi connectivity index (χ0) is 14.2. The predicted molar refractivity (Wildman–Crippen MR) is 79.0 cm³/mol. The molecule has 1 atom stereocenters. The lowest BCUT2D eigenvalue weighted by Crippen LogP contribution is -2.32. The molecule has 0 amide bonds. The molecule has 0 aliphatic carbocycles. The first kappa shape index (κ1) is 14.3. The van der Waals surface area contributed by atoms with Gasteiger partial charge < -0.3 is 10.5 Å². The van der Waals surface area contributed by atoms with Crippen LogP contribution in [0.2, 0.25) is 0 Å². The Bertz CT molecular complexity index is 525. The normalized spacial score (nSPS) is 11.8. The molecule has 0 saturated carbocycles. The zero-order valence-corrected chi connectivity index (χ0v) is 11.4. The third-order valence-electron chi connectivity index (χ3n) is 3.11. The summed E-state index contributed by atoms with van der Waals surface area (Å²) >= 11 is 0. The maximum atomic E-state index is 11.8. The van der Waals surface area contributed by atoms with Crippen LogP contribution in [-0.4, -0.2) is 12.0 Å². The van der Waals surface area contributed by atoms with Gasteiger partial charge in [0.15, 0.2) is 0 Å². The Morgan fingerprint density at radius 3 is 2.10 bits per heavy atom. The summed E-state index contributed by atoms with van der Waals surface area (Å²) in [6.07, 6.45) is 1.38. The van der Waals surface area contributed by atoms with Crippen LogP contribution < -0.4 is 5.73 Å². The van der Waals surface area contributed by atoms with Crippen molar-refractivity contribution in [3.05, 3.63) is 71.8 Å². The van der Waals surface area contributed by atoms with Crippen molar-refractivity contribution >= 4 is 5.97 Å². The first-order chi connectivity index (χ1) is 9.75. The molecular formula is C17H19NO2. The Labute approximate surface area is 119 Å². The van der Waals surface area contributed by atoms with Gasteiger partial charge in [-0.25, -0.2) is 0 Å². The molecule has 0 aliphatic heterocycles. The average Bonchev–Trinajstić information content (AvgIpc) is 2.52. The van der Waals surface area contributed by atoms with E-state index in [1.807, 2.05) is 60.7 Å². The Kier molecular flexibility index (Phi) is 5.33. The third-order valence-corrected chi connectivity index (χ3v) is 3.11. The molecule has 0 bridgehead atoms. The molecular weight excluding hydrogens is 250 g/mol. The van der Waals surface area contributed by atoms with Gasteiger partial charge in [-0.05, 0) is 24.0 Å². The summed E-state index contributed by atoms with van der Waals surface area (Å²) < 4.78 is 5.21. The van der Waals surface area contributed by atoms with E-state index in [-0.39, 0.29) is 12.6 Å². The molecule has 0 radical (unpaired) electrons. The van der Waals surface area contributed by atoms with Crippen molar-refractivity contribution in [3.63, 3.8) is 0 Å². The largest absolute Gasteiger partial charge is 0.460 e. The smallest absolute Gasteiger partial charge is 0.323 e. The summed E-state index contributed by atoms with van der Waals surface area (Å²) in [4.78, 5) is 11.8. The molecule has 0 saturated heterocycles. The number of esters is 1. The first-order valence-electron chi connectivity index (χ1n) is 6.76. The Balaban J connectivity index is 1.75. The molecule has 2 aromatic carbocycles. The number of benzene rings is 2. The minimum atomic E-state index is -0.570. The highest BCUT2D eigenvalue weighted by atomic mass is 16.5. The van der Waals surface area contributed by atoms with E-state index in [0.717, 1.165) is 12.0 Å². The van der Waals surface area contributed by atoms with Crippen molar-refractivity contribution < 1.29 is 9.53 Å². The van der Waals surface area contributed by atoms with Crippen LogP contribution in [0.15, 0.2) is 60.7 Å².